The molecule has 1 aliphatic rings. The van der Waals surface area contributed by atoms with E-state index < -0.39 is 0 Å². The van der Waals surface area contributed by atoms with E-state index in [-0.39, 0.29) is 6.10 Å². The summed E-state index contributed by atoms with van der Waals surface area (Å²) in [4.78, 5) is 11.2. The maximum Gasteiger partial charge on any atom is 0.190 e. The molecule has 1 saturated heterocycles. The van der Waals surface area contributed by atoms with Crippen molar-refractivity contribution in [3.63, 3.8) is 0 Å². The minimum absolute atomic E-state index is 0.288. The largest absolute Gasteiger partial charge is 0.376 e. The van der Waals surface area contributed by atoms with Gasteiger partial charge < -0.3 is 9.30 Å². The fourth-order valence-corrected chi connectivity index (χ4v) is 4.49. The van der Waals surface area contributed by atoms with Crippen LogP contribution in [0, 0.1) is 0 Å². The van der Waals surface area contributed by atoms with Crippen LogP contribution < -0.4 is 4.80 Å². The van der Waals surface area contributed by atoms with Gasteiger partial charge in [0.15, 0.2) is 4.80 Å². The maximum absolute atomic E-state index is 5.84. The lowest BCUT2D eigenvalue weighted by atomic mass is 10.2. The molecular weight excluding hydrogens is 326 g/mol. The van der Waals surface area contributed by atoms with E-state index in [0.29, 0.717) is 0 Å². The number of nitrogens with zero attached hydrogens (tertiary/aromatic N) is 3. The van der Waals surface area contributed by atoms with Crippen LogP contribution >= 0.6 is 22.7 Å². The second-order valence-corrected chi connectivity index (χ2v) is 7.23. The number of pyridine rings is 1. The normalized spacial score (nSPS) is 18.6. The smallest absolute Gasteiger partial charge is 0.190 e. The summed E-state index contributed by atoms with van der Waals surface area (Å²) in [5.74, 6) is 0. The van der Waals surface area contributed by atoms with Gasteiger partial charge in [0, 0.05) is 18.2 Å². The first-order chi connectivity index (χ1) is 11.4. The summed E-state index contributed by atoms with van der Waals surface area (Å²) in [7, 11) is 0. The van der Waals surface area contributed by atoms with Gasteiger partial charge in [-0.05, 0) is 36.4 Å². The quantitative estimate of drug-likeness (QED) is 0.716. The second-order valence-electron chi connectivity index (χ2n) is 5.45. The van der Waals surface area contributed by atoms with E-state index in [0.717, 1.165) is 36.5 Å². The molecule has 23 heavy (non-hydrogen) atoms. The van der Waals surface area contributed by atoms with Crippen LogP contribution in [0.15, 0.2) is 52.4 Å². The van der Waals surface area contributed by atoms with Crippen LogP contribution in [0.2, 0.25) is 0 Å². The molecular formula is C17H17N3OS2. The summed E-state index contributed by atoms with van der Waals surface area (Å²) in [5.41, 5.74) is 2.11. The highest BCUT2D eigenvalue weighted by atomic mass is 32.1. The van der Waals surface area contributed by atoms with Crippen molar-refractivity contribution in [2.75, 3.05) is 6.61 Å². The molecule has 0 saturated carbocycles. The summed E-state index contributed by atoms with van der Waals surface area (Å²) >= 11 is 3.43. The summed E-state index contributed by atoms with van der Waals surface area (Å²) in [5, 5.41) is 4.30. The fraction of sp³-hybridized carbons (Fsp3) is 0.294. The summed E-state index contributed by atoms with van der Waals surface area (Å²) in [6.45, 7) is 1.73. The Morgan fingerprint density at radius 2 is 2.30 bits per heavy atom. The van der Waals surface area contributed by atoms with Crippen LogP contribution in [0.1, 0.15) is 12.8 Å². The van der Waals surface area contributed by atoms with Crippen molar-refractivity contribution in [1.82, 2.24) is 9.55 Å². The first kappa shape index (κ1) is 14.8. The molecule has 4 nitrogen and oxygen atoms in total. The highest BCUT2D eigenvalue weighted by molar-refractivity contribution is 7.14. The molecule has 3 aromatic heterocycles. The van der Waals surface area contributed by atoms with Gasteiger partial charge >= 0.3 is 0 Å². The van der Waals surface area contributed by atoms with Gasteiger partial charge in [0.25, 0.3) is 0 Å². The highest BCUT2D eigenvalue weighted by Crippen LogP contribution is 2.26. The Labute approximate surface area is 142 Å². The van der Waals surface area contributed by atoms with Crippen molar-refractivity contribution in [3.05, 3.63) is 52.2 Å². The molecule has 0 bridgehead atoms. The average molecular weight is 343 g/mol. The van der Waals surface area contributed by atoms with Gasteiger partial charge in [-0.25, -0.2) is 4.99 Å². The lowest BCUT2D eigenvalue weighted by molar-refractivity contribution is 0.0968. The third-order valence-corrected chi connectivity index (χ3v) is 5.61. The number of aromatic nitrogens is 2. The SMILES string of the molecule is c1cncc(N=c2scc(-c3cccs3)n2CC2CCCO2)c1. The van der Waals surface area contributed by atoms with Crippen LogP contribution in [-0.4, -0.2) is 22.3 Å². The van der Waals surface area contributed by atoms with Crippen LogP contribution in [-0.2, 0) is 11.3 Å². The Bertz CT molecular complexity index is 815. The first-order valence-electron chi connectivity index (χ1n) is 7.69. The number of thiophene rings is 1. The Morgan fingerprint density at radius 3 is 3.04 bits per heavy atom. The van der Waals surface area contributed by atoms with Crippen molar-refractivity contribution in [2.45, 2.75) is 25.5 Å². The summed E-state index contributed by atoms with van der Waals surface area (Å²) < 4.78 is 8.13. The average Bonchev–Trinajstić information content (AvgIpc) is 3.32. The predicted octanol–water partition coefficient (Wildman–Crippen LogP) is 4.08. The number of hydrogen-bond donors (Lipinski definition) is 0. The molecule has 0 radical (unpaired) electrons. The van der Waals surface area contributed by atoms with Gasteiger partial charge in [0.05, 0.1) is 35.1 Å². The van der Waals surface area contributed by atoms with Crippen LogP contribution in [0.3, 0.4) is 0 Å². The van der Waals surface area contributed by atoms with Gasteiger partial charge in [-0.15, -0.1) is 22.7 Å². The molecule has 0 N–H and O–H groups in total. The zero-order valence-corrected chi connectivity index (χ0v) is 14.2. The molecule has 0 amide bonds. The molecule has 118 valence electrons. The molecule has 1 atom stereocenters. The first-order valence-corrected chi connectivity index (χ1v) is 9.44. The molecule has 0 aromatic carbocycles. The van der Waals surface area contributed by atoms with Crippen molar-refractivity contribution in [2.24, 2.45) is 4.99 Å². The van der Waals surface area contributed by atoms with Gasteiger partial charge in [-0.3, -0.25) is 4.98 Å². The number of rotatable bonds is 4. The summed E-state index contributed by atoms with van der Waals surface area (Å²) in [6.07, 6.45) is 6.13. The second kappa shape index (κ2) is 6.78. The molecule has 4 heterocycles. The molecule has 4 rings (SSSR count). The van der Waals surface area contributed by atoms with Gasteiger partial charge in [0.2, 0.25) is 0 Å². The molecule has 1 aliphatic heterocycles. The van der Waals surface area contributed by atoms with E-state index in [4.69, 9.17) is 9.73 Å². The Kier molecular flexibility index (Phi) is 4.37. The van der Waals surface area contributed by atoms with Crippen molar-refractivity contribution in [1.29, 1.82) is 0 Å². The number of thiazole rings is 1. The monoisotopic (exact) mass is 343 g/mol. The van der Waals surface area contributed by atoms with E-state index in [1.807, 2.05) is 12.1 Å². The Morgan fingerprint density at radius 1 is 1.30 bits per heavy atom. The molecule has 0 spiro atoms. The van der Waals surface area contributed by atoms with Crippen molar-refractivity contribution >= 4 is 28.4 Å². The van der Waals surface area contributed by atoms with Gasteiger partial charge in [-0.2, -0.15) is 0 Å². The minimum atomic E-state index is 0.288. The van der Waals surface area contributed by atoms with Crippen LogP contribution in [0.25, 0.3) is 10.6 Å². The van der Waals surface area contributed by atoms with E-state index in [1.54, 1.807) is 35.1 Å². The van der Waals surface area contributed by atoms with E-state index >= 15 is 0 Å². The molecule has 1 unspecified atom stereocenters. The van der Waals surface area contributed by atoms with E-state index in [2.05, 4.69) is 32.4 Å². The number of ether oxygens (including phenoxy) is 1. The molecule has 3 aromatic rings. The van der Waals surface area contributed by atoms with Crippen molar-refractivity contribution in [3.8, 4) is 10.6 Å². The molecule has 0 aliphatic carbocycles. The topological polar surface area (TPSA) is 39.4 Å². The lowest BCUT2D eigenvalue weighted by Gasteiger charge is -2.13. The Balaban J connectivity index is 1.77. The minimum Gasteiger partial charge on any atom is -0.376 e. The van der Waals surface area contributed by atoms with Gasteiger partial charge in [-0.1, -0.05) is 6.07 Å². The third-order valence-electron chi connectivity index (χ3n) is 3.85. The maximum atomic E-state index is 5.84. The highest BCUT2D eigenvalue weighted by Gasteiger charge is 2.19. The summed E-state index contributed by atoms with van der Waals surface area (Å²) in [6, 6.07) is 8.14. The van der Waals surface area contributed by atoms with Gasteiger partial charge in [0.1, 0.15) is 0 Å². The zero-order chi connectivity index (χ0) is 15.5. The van der Waals surface area contributed by atoms with Crippen molar-refractivity contribution < 1.29 is 4.74 Å². The van der Waals surface area contributed by atoms with E-state index in [1.165, 1.54) is 10.6 Å². The number of hydrogen-bond acceptors (Lipinski definition) is 5. The predicted molar refractivity (Wildman–Crippen MR) is 94.1 cm³/mol. The van der Waals surface area contributed by atoms with Crippen LogP contribution in [0.4, 0.5) is 5.69 Å². The molecule has 1 fully saturated rings. The lowest BCUT2D eigenvalue weighted by Crippen LogP contribution is -2.23. The fourth-order valence-electron chi connectivity index (χ4n) is 2.74. The molecule has 6 heteroatoms. The third kappa shape index (κ3) is 3.29. The zero-order valence-electron chi connectivity index (χ0n) is 12.6. The van der Waals surface area contributed by atoms with Crippen LogP contribution in [0.5, 0.6) is 0 Å². The standard InChI is InChI=1S/C17H17N3OS2/c1-4-13(10-18-7-1)19-17-20(11-14-5-2-8-21-14)15(12-23-17)16-6-3-9-22-16/h1,3-4,6-7,9-10,12,14H,2,5,8,11H2. The Hall–Kier alpha value is -1.76. The van der Waals surface area contributed by atoms with E-state index in [9.17, 15) is 0 Å².